The van der Waals surface area contributed by atoms with Crippen molar-refractivity contribution in [3.05, 3.63) is 75.8 Å². The number of hydrogen-bond donors (Lipinski definition) is 0. The van der Waals surface area contributed by atoms with Crippen LogP contribution >= 0.6 is 11.3 Å². The van der Waals surface area contributed by atoms with E-state index in [0.29, 0.717) is 6.54 Å². The Bertz CT molecular complexity index is 1010. The Morgan fingerprint density at radius 3 is 2.68 bits per heavy atom. The van der Waals surface area contributed by atoms with Crippen LogP contribution in [-0.2, 0) is 13.1 Å². The lowest BCUT2D eigenvalue weighted by molar-refractivity contribution is 0.0553. The number of likely N-dealkylation sites (tertiary alicyclic amines) is 1. The van der Waals surface area contributed by atoms with Gasteiger partial charge >= 0.3 is 0 Å². The van der Waals surface area contributed by atoms with Gasteiger partial charge in [0.2, 0.25) is 0 Å². The second-order valence-corrected chi connectivity index (χ2v) is 8.61. The quantitative estimate of drug-likeness (QED) is 0.678. The molecule has 0 radical (unpaired) electrons. The highest BCUT2D eigenvalue weighted by molar-refractivity contribution is 7.09. The molecule has 2 aliphatic rings. The summed E-state index contributed by atoms with van der Waals surface area (Å²) in [6.07, 6.45) is 2.01. The molecular weight excluding hydrogens is 375 g/mol. The number of amides is 1. The molecule has 1 saturated heterocycles. The number of aromatic nitrogens is 2. The zero-order chi connectivity index (χ0) is 19.3. The second kappa shape index (κ2) is 6.83. The Morgan fingerprint density at radius 2 is 1.93 bits per heavy atom. The molecule has 0 spiro atoms. The molecule has 0 bridgehead atoms. The Labute approximate surface area is 167 Å². The first kappa shape index (κ1) is 17.6. The Hall–Kier alpha value is -2.51. The van der Waals surface area contributed by atoms with Gasteiger partial charge in [-0.05, 0) is 36.8 Å². The van der Waals surface area contributed by atoms with Crippen molar-refractivity contribution in [3.8, 4) is 0 Å². The van der Waals surface area contributed by atoms with Crippen molar-refractivity contribution in [2.75, 3.05) is 13.1 Å². The number of carbonyl (C=O) groups excluding carboxylic acids is 1. The van der Waals surface area contributed by atoms with E-state index >= 15 is 0 Å². The van der Waals surface area contributed by atoms with Crippen LogP contribution in [0.4, 0.5) is 4.39 Å². The Kier molecular flexibility index (Phi) is 4.29. The summed E-state index contributed by atoms with van der Waals surface area (Å²) in [7, 11) is 0. The minimum absolute atomic E-state index is 0.0699. The molecular formula is C21H21FN4OS. The first-order valence-electron chi connectivity index (χ1n) is 9.44. The van der Waals surface area contributed by atoms with Crippen LogP contribution in [0.1, 0.15) is 32.8 Å². The third-order valence-electron chi connectivity index (χ3n) is 5.67. The van der Waals surface area contributed by atoms with Crippen molar-refractivity contribution < 1.29 is 9.18 Å². The lowest BCUT2D eigenvalue weighted by Gasteiger charge is -2.38. The number of hydrogen-bond acceptors (Lipinski definition) is 4. The van der Waals surface area contributed by atoms with E-state index in [2.05, 4.69) is 14.5 Å². The number of nitrogens with zero attached hydrogens (tertiary/aromatic N) is 4. The molecule has 0 unspecified atom stereocenters. The highest BCUT2D eigenvalue weighted by Crippen LogP contribution is 2.35. The average Bonchev–Trinajstić information content (AvgIpc) is 3.40. The number of carbonyl (C=O) groups is 1. The molecule has 4 heterocycles. The normalized spacial score (nSPS) is 21.8. The fourth-order valence-corrected chi connectivity index (χ4v) is 5.01. The Morgan fingerprint density at radius 1 is 1.14 bits per heavy atom. The molecule has 2 aromatic heterocycles. The molecule has 0 aliphatic carbocycles. The topological polar surface area (TPSA) is 41.4 Å². The number of aryl methyl sites for hydroxylation is 1. The predicted molar refractivity (Wildman–Crippen MR) is 106 cm³/mol. The van der Waals surface area contributed by atoms with Gasteiger partial charge in [-0.25, -0.2) is 9.37 Å². The molecule has 1 fully saturated rings. The van der Waals surface area contributed by atoms with E-state index in [9.17, 15) is 9.18 Å². The van der Waals surface area contributed by atoms with Gasteiger partial charge in [0.1, 0.15) is 11.5 Å². The molecule has 0 saturated carbocycles. The van der Waals surface area contributed by atoms with E-state index in [1.807, 2.05) is 47.7 Å². The molecule has 1 aromatic carbocycles. The van der Waals surface area contributed by atoms with Gasteiger partial charge < -0.3 is 9.47 Å². The maximum atomic E-state index is 13.2. The third kappa shape index (κ3) is 3.04. The molecule has 0 N–H and O–H groups in total. The lowest BCUT2D eigenvalue weighted by atomic mass is 10.1. The highest BCUT2D eigenvalue weighted by atomic mass is 32.1. The van der Waals surface area contributed by atoms with Crippen molar-refractivity contribution in [2.45, 2.75) is 32.1 Å². The van der Waals surface area contributed by atoms with E-state index in [1.54, 1.807) is 11.3 Å². The zero-order valence-corrected chi connectivity index (χ0v) is 16.4. The molecule has 28 heavy (non-hydrogen) atoms. The maximum absolute atomic E-state index is 13.2. The largest absolute Gasteiger partial charge is 0.337 e. The number of rotatable bonds is 4. The minimum atomic E-state index is -0.217. The van der Waals surface area contributed by atoms with Gasteiger partial charge in [-0.3, -0.25) is 9.69 Å². The van der Waals surface area contributed by atoms with Gasteiger partial charge in [-0.1, -0.05) is 12.1 Å². The molecule has 7 heteroatoms. The fraction of sp³-hybridized carbons (Fsp3) is 0.333. The SMILES string of the molecule is Cc1nc(CN2C(=O)c3cccn3[C@H]3CN(Cc4ccc(F)cc4)C[C@@H]32)cs1. The molecule has 144 valence electrons. The van der Waals surface area contributed by atoms with Crippen LogP contribution in [0.2, 0.25) is 0 Å². The molecule has 2 atom stereocenters. The Balaban J connectivity index is 1.42. The fourth-order valence-electron chi connectivity index (χ4n) is 4.41. The summed E-state index contributed by atoms with van der Waals surface area (Å²) in [5, 5.41) is 3.06. The molecule has 5 rings (SSSR count). The lowest BCUT2D eigenvalue weighted by Crippen LogP contribution is -2.49. The summed E-state index contributed by atoms with van der Waals surface area (Å²) in [5.74, 6) is -0.147. The van der Waals surface area contributed by atoms with Gasteiger partial charge in [0, 0.05) is 31.2 Å². The van der Waals surface area contributed by atoms with Gasteiger partial charge in [0.25, 0.3) is 5.91 Å². The monoisotopic (exact) mass is 396 g/mol. The van der Waals surface area contributed by atoms with Crippen LogP contribution in [-0.4, -0.2) is 44.4 Å². The van der Waals surface area contributed by atoms with E-state index in [0.717, 1.165) is 41.6 Å². The second-order valence-electron chi connectivity index (χ2n) is 7.55. The van der Waals surface area contributed by atoms with E-state index in [1.165, 1.54) is 12.1 Å². The predicted octanol–water partition coefficient (Wildman–Crippen LogP) is 3.47. The summed E-state index contributed by atoms with van der Waals surface area (Å²) >= 11 is 1.61. The van der Waals surface area contributed by atoms with E-state index < -0.39 is 0 Å². The molecule has 3 aromatic rings. The summed E-state index contributed by atoms with van der Waals surface area (Å²) < 4.78 is 15.3. The van der Waals surface area contributed by atoms with Gasteiger partial charge in [0.15, 0.2) is 0 Å². The first-order chi connectivity index (χ1) is 13.6. The first-order valence-corrected chi connectivity index (χ1v) is 10.3. The van der Waals surface area contributed by atoms with Gasteiger partial charge in [-0.2, -0.15) is 0 Å². The molecule has 1 amide bonds. The van der Waals surface area contributed by atoms with Crippen LogP contribution in [0.25, 0.3) is 0 Å². The number of fused-ring (bicyclic) bond motifs is 3. The molecule has 2 aliphatic heterocycles. The number of halogens is 1. The zero-order valence-electron chi connectivity index (χ0n) is 15.6. The van der Waals surface area contributed by atoms with Crippen molar-refractivity contribution in [1.29, 1.82) is 0 Å². The molecule has 5 nitrogen and oxygen atoms in total. The average molecular weight is 396 g/mol. The van der Waals surface area contributed by atoms with Crippen molar-refractivity contribution in [1.82, 2.24) is 19.4 Å². The summed E-state index contributed by atoms with van der Waals surface area (Å²) in [6, 6.07) is 10.9. The van der Waals surface area contributed by atoms with Gasteiger partial charge in [0.05, 0.1) is 29.3 Å². The van der Waals surface area contributed by atoms with Crippen molar-refractivity contribution in [3.63, 3.8) is 0 Å². The summed E-state index contributed by atoms with van der Waals surface area (Å²) in [4.78, 5) is 22.1. The van der Waals surface area contributed by atoms with Crippen LogP contribution < -0.4 is 0 Å². The smallest absolute Gasteiger partial charge is 0.271 e. The maximum Gasteiger partial charge on any atom is 0.271 e. The van der Waals surface area contributed by atoms with Gasteiger partial charge in [-0.15, -0.1) is 11.3 Å². The van der Waals surface area contributed by atoms with Crippen LogP contribution in [0.15, 0.2) is 48.0 Å². The standard InChI is InChI=1S/C21H21FN4OS/c1-14-23-17(13-28-14)10-26-20-12-24(9-15-4-6-16(22)7-5-15)11-19(20)25-8-2-3-18(25)21(26)27/h2-8,13,19-20H,9-12H2,1H3/t19-,20-/m0/s1. The summed E-state index contributed by atoms with van der Waals surface area (Å²) in [6.45, 7) is 4.94. The number of benzene rings is 1. The minimum Gasteiger partial charge on any atom is -0.337 e. The van der Waals surface area contributed by atoms with Crippen molar-refractivity contribution in [2.24, 2.45) is 0 Å². The third-order valence-corrected chi connectivity index (χ3v) is 6.49. The van der Waals surface area contributed by atoms with E-state index in [4.69, 9.17) is 0 Å². The van der Waals surface area contributed by atoms with Crippen LogP contribution in [0, 0.1) is 12.7 Å². The number of thiazole rings is 1. The summed E-state index contributed by atoms with van der Waals surface area (Å²) in [5.41, 5.74) is 2.78. The highest BCUT2D eigenvalue weighted by Gasteiger charge is 2.44. The van der Waals surface area contributed by atoms with E-state index in [-0.39, 0.29) is 23.8 Å². The van der Waals surface area contributed by atoms with Crippen LogP contribution in [0.3, 0.4) is 0 Å². The van der Waals surface area contributed by atoms with Crippen LogP contribution in [0.5, 0.6) is 0 Å². The van der Waals surface area contributed by atoms with Crippen molar-refractivity contribution >= 4 is 17.2 Å².